The van der Waals surface area contributed by atoms with Gasteiger partial charge in [-0.25, -0.2) is 4.98 Å². The van der Waals surface area contributed by atoms with E-state index >= 15 is 0 Å². The van der Waals surface area contributed by atoms with Gasteiger partial charge >= 0.3 is 0 Å². The van der Waals surface area contributed by atoms with Crippen LogP contribution in [0, 0.1) is 5.92 Å². The number of hydrogen-bond donors (Lipinski definition) is 1. The highest BCUT2D eigenvalue weighted by Gasteiger charge is 2.19. The van der Waals surface area contributed by atoms with Crippen LogP contribution in [0.5, 0.6) is 0 Å². The summed E-state index contributed by atoms with van der Waals surface area (Å²) in [5, 5.41) is 2.92. The molecule has 1 aromatic heterocycles. The van der Waals surface area contributed by atoms with Gasteiger partial charge in [0.1, 0.15) is 5.82 Å². The predicted octanol–water partition coefficient (Wildman–Crippen LogP) is 2.12. The van der Waals surface area contributed by atoms with Crippen molar-refractivity contribution >= 4 is 23.3 Å². The molecule has 126 valence electrons. The van der Waals surface area contributed by atoms with E-state index in [9.17, 15) is 9.59 Å². The van der Waals surface area contributed by atoms with Gasteiger partial charge in [-0.3, -0.25) is 9.59 Å². The maximum Gasteiger partial charge on any atom is 0.227 e. The minimum Gasteiger partial charge on any atom is -0.353 e. The molecule has 2 amide bonds. The summed E-state index contributed by atoms with van der Waals surface area (Å²) >= 11 is 0. The predicted molar refractivity (Wildman–Crippen MR) is 91.4 cm³/mol. The Kier molecular flexibility index (Phi) is 5.96. The van der Waals surface area contributed by atoms with Gasteiger partial charge in [0, 0.05) is 39.0 Å². The van der Waals surface area contributed by atoms with E-state index in [1.54, 1.807) is 13.1 Å². The van der Waals surface area contributed by atoms with Gasteiger partial charge in [0.25, 0.3) is 0 Å². The van der Waals surface area contributed by atoms with E-state index in [1.165, 1.54) is 0 Å². The minimum atomic E-state index is 0.0503. The van der Waals surface area contributed by atoms with Crippen molar-refractivity contribution in [2.75, 3.05) is 36.4 Å². The Labute approximate surface area is 137 Å². The molecule has 1 aliphatic rings. The lowest BCUT2D eigenvalue weighted by molar-refractivity contribution is -0.129. The second-order valence-electron chi connectivity index (χ2n) is 5.90. The molecule has 0 spiro atoms. The van der Waals surface area contributed by atoms with E-state index in [-0.39, 0.29) is 17.7 Å². The highest BCUT2D eigenvalue weighted by molar-refractivity contribution is 5.92. The summed E-state index contributed by atoms with van der Waals surface area (Å²) in [7, 11) is 0. The highest BCUT2D eigenvalue weighted by atomic mass is 16.2. The Morgan fingerprint density at radius 2 is 1.83 bits per heavy atom. The molecule has 23 heavy (non-hydrogen) atoms. The van der Waals surface area contributed by atoms with Gasteiger partial charge in [0.15, 0.2) is 0 Å². The molecule has 2 heterocycles. The monoisotopic (exact) mass is 318 g/mol. The van der Waals surface area contributed by atoms with Gasteiger partial charge in [-0.05, 0) is 25.0 Å². The second kappa shape index (κ2) is 7.94. The molecule has 1 N–H and O–H groups in total. The van der Waals surface area contributed by atoms with Crippen LogP contribution in [0.3, 0.4) is 0 Å². The number of carbonyl (C=O) groups is 2. The zero-order valence-corrected chi connectivity index (χ0v) is 14.2. The fraction of sp³-hybridized carbons (Fsp3) is 0.588. The standard InChI is InChI=1S/C17H26N4O2/c1-4-14(5-2)17(23)19-15-6-7-16(18-12-15)21-10-8-20(9-11-21)13(3)22/h6-7,12,14H,4-5,8-11H2,1-3H3,(H,19,23). The summed E-state index contributed by atoms with van der Waals surface area (Å²) in [4.78, 5) is 31.9. The van der Waals surface area contributed by atoms with Crippen LogP contribution in [-0.4, -0.2) is 47.9 Å². The van der Waals surface area contributed by atoms with Crippen LogP contribution in [0.2, 0.25) is 0 Å². The molecule has 0 radical (unpaired) electrons. The smallest absolute Gasteiger partial charge is 0.227 e. The lowest BCUT2D eigenvalue weighted by Crippen LogP contribution is -2.48. The average molecular weight is 318 g/mol. The first-order valence-corrected chi connectivity index (χ1v) is 8.32. The zero-order valence-electron chi connectivity index (χ0n) is 14.2. The molecule has 0 saturated carbocycles. The van der Waals surface area contributed by atoms with E-state index in [1.807, 2.05) is 30.9 Å². The number of nitrogens with zero attached hydrogens (tertiary/aromatic N) is 3. The third-order valence-electron chi connectivity index (χ3n) is 4.42. The minimum absolute atomic E-state index is 0.0503. The number of pyridine rings is 1. The van der Waals surface area contributed by atoms with Crippen LogP contribution in [0.25, 0.3) is 0 Å². The van der Waals surface area contributed by atoms with E-state index in [0.717, 1.165) is 50.5 Å². The molecule has 0 aromatic carbocycles. The van der Waals surface area contributed by atoms with Crippen LogP contribution in [-0.2, 0) is 9.59 Å². The lowest BCUT2D eigenvalue weighted by Gasteiger charge is -2.34. The molecule has 1 fully saturated rings. The van der Waals surface area contributed by atoms with Gasteiger partial charge in [-0.15, -0.1) is 0 Å². The molecule has 1 aromatic rings. The van der Waals surface area contributed by atoms with Crippen molar-refractivity contribution in [3.05, 3.63) is 18.3 Å². The van der Waals surface area contributed by atoms with Gasteiger partial charge in [0.05, 0.1) is 11.9 Å². The SMILES string of the molecule is CCC(CC)C(=O)Nc1ccc(N2CCN(C(C)=O)CC2)nc1. The van der Waals surface area contributed by atoms with Crippen LogP contribution in [0.15, 0.2) is 18.3 Å². The highest BCUT2D eigenvalue weighted by Crippen LogP contribution is 2.18. The fourth-order valence-electron chi connectivity index (χ4n) is 2.80. The molecule has 0 bridgehead atoms. The fourth-order valence-corrected chi connectivity index (χ4v) is 2.80. The molecule has 1 aliphatic heterocycles. The summed E-state index contributed by atoms with van der Waals surface area (Å²) in [6.45, 7) is 8.67. The van der Waals surface area contributed by atoms with Crippen LogP contribution < -0.4 is 10.2 Å². The summed E-state index contributed by atoms with van der Waals surface area (Å²) < 4.78 is 0. The second-order valence-corrected chi connectivity index (χ2v) is 5.90. The van der Waals surface area contributed by atoms with Gasteiger partial charge in [0.2, 0.25) is 11.8 Å². The number of carbonyl (C=O) groups excluding carboxylic acids is 2. The van der Waals surface area contributed by atoms with E-state index in [2.05, 4.69) is 15.2 Å². The van der Waals surface area contributed by atoms with Crippen LogP contribution in [0.4, 0.5) is 11.5 Å². The van der Waals surface area contributed by atoms with Crippen molar-refractivity contribution in [1.82, 2.24) is 9.88 Å². The molecule has 0 atom stereocenters. The van der Waals surface area contributed by atoms with Crippen molar-refractivity contribution in [1.29, 1.82) is 0 Å². The number of anilines is 2. The summed E-state index contributed by atoms with van der Waals surface area (Å²) in [5.74, 6) is 1.11. The number of piperazine rings is 1. The quantitative estimate of drug-likeness (QED) is 0.903. The van der Waals surface area contributed by atoms with Crippen LogP contribution in [0.1, 0.15) is 33.6 Å². The van der Waals surface area contributed by atoms with Gasteiger partial charge in [-0.1, -0.05) is 13.8 Å². The Hall–Kier alpha value is -2.11. The molecule has 0 aliphatic carbocycles. The summed E-state index contributed by atoms with van der Waals surface area (Å²) in [6.07, 6.45) is 3.38. The Balaban J connectivity index is 1.92. The molecular weight excluding hydrogens is 292 g/mol. The Morgan fingerprint density at radius 3 is 2.30 bits per heavy atom. The maximum atomic E-state index is 12.1. The topological polar surface area (TPSA) is 65.5 Å². The number of hydrogen-bond acceptors (Lipinski definition) is 4. The van der Waals surface area contributed by atoms with E-state index in [4.69, 9.17) is 0 Å². The molecule has 2 rings (SSSR count). The third-order valence-corrected chi connectivity index (χ3v) is 4.42. The van der Waals surface area contributed by atoms with Gasteiger partial charge in [-0.2, -0.15) is 0 Å². The number of aromatic nitrogens is 1. The Morgan fingerprint density at radius 1 is 1.17 bits per heavy atom. The molecule has 1 saturated heterocycles. The first-order valence-electron chi connectivity index (χ1n) is 8.32. The van der Waals surface area contributed by atoms with E-state index < -0.39 is 0 Å². The van der Waals surface area contributed by atoms with Crippen LogP contribution >= 0.6 is 0 Å². The third kappa shape index (κ3) is 4.43. The van der Waals surface area contributed by atoms with E-state index in [0.29, 0.717) is 0 Å². The largest absolute Gasteiger partial charge is 0.353 e. The first kappa shape index (κ1) is 17.2. The lowest BCUT2D eigenvalue weighted by atomic mass is 10.0. The van der Waals surface area contributed by atoms with Crippen molar-refractivity contribution < 1.29 is 9.59 Å². The van der Waals surface area contributed by atoms with Crippen molar-refractivity contribution in [3.8, 4) is 0 Å². The molecule has 6 heteroatoms. The number of rotatable bonds is 5. The number of amides is 2. The average Bonchev–Trinajstić information content (AvgIpc) is 2.57. The molecule has 0 unspecified atom stereocenters. The molecule has 6 nitrogen and oxygen atoms in total. The van der Waals surface area contributed by atoms with Crippen molar-refractivity contribution in [2.24, 2.45) is 5.92 Å². The first-order chi connectivity index (χ1) is 11.0. The number of nitrogens with one attached hydrogen (secondary N) is 1. The maximum absolute atomic E-state index is 12.1. The van der Waals surface area contributed by atoms with Crippen molar-refractivity contribution in [2.45, 2.75) is 33.6 Å². The normalized spacial score (nSPS) is 15.0. The van der Waals surface area contributed by atoms with Gasteiger partial charge < -0.3 is 15.1 Å². The summed E-state index contributed by atoms with van der Waals surface area (Å²) in [6, 6.07) is 3.81. The molecular formula is C17H26N4O2. The Bertz CT molecular complexity index is 532. The zero-order chi connectivity index (χ0) is 16.8. The summed E-state index contributed by atoms with van der Waals surface area (Å²) in [5.41, 5.74) is 0.730. The van der Waals surface area contributed by atoms with Crippen molar-refractivity contribution in [3.63, 3.8) is 0 Å².